The zero-order valence-electron chi connectivity index (χ0n) is 28.1. The SMILES string of the molecule is CCCCCCCCCCCCCCCCOC(C)C(COP(=O)(O)OC1(c2ccccc2)N2CCC(C)C21C)OC(C)=O. The van der Waals surface area contributed by atoms with Gasteiger partial charge in [0.25, 0.3) is 0 Å². The van der Waals surface area contributed by atoms with Crippen molar-refractivity contribution in [1.82, 2.24) is 4.90 Å². The molecular weight excluding hydrogens is 577 g/mol. The molecule has 0 aromatic heterocycles. The number of esters is 1. The molecule has 7 atom stereocenters. The topological polar surface area (TPSA) is 94.3 Å². The van der Waals surface area contributed by atoms with Crippen LogP contribution in [0.25, 0.3) is 0 Å². The van der Waals surface area contributed by atoms with E-state index in [9.17, 15) is 14.3 Å². The van der Waals surface area contributed by atoms with Crippen molar-refractivity contribution < 1.29 is 32.8 Å². The van der Waals surface area contributed by atoms with Gasteiger partial charge in [0.05, 0.1) is 18.2 Å². The van der Waals surface area contributed by atoms with Crippen LogP contribution in [0.4, 0.5) is 0 Å². The van der Waals surface area contributed by atoms with Gasteiger partial charge in [-0.25, -0.2) is 4.57 Å². The summed E-state index contributed by atoms with van der Waals surface area (Å²) in [6, 6.07) is 9.56. The van der Waals surface area contributed by atoms with Crippen LogP contribution in [0.5, 0.6) is 0 Å². The van der Waals surface area contributed by atoms with Crippen LogP contribution in [0.15, 0.2) is 30.3 Å². The van der Waals surface area contributed by atoms with Gasteiger partial charge in [0.2, 0.25) is 0 Å². The van der Waals surface area contributed by atoms with Gasteiger partial charge in [-0.1, -0.05) is 128 Å². The normalized spacial score (nSPS) is 27.0. The number of hydrogen-bond acceptors (Lipinski definition) is 7. The van der Waals surface area contributed by atoms with Crippen LogP contribution in [0.2, 0.25) is 0 Å². The highest BCUT2D eigenvalue weighted by Crippen LogP contribution is 2.71. The van der Waals surface area contributed by atoms with E-state index >= 15 is 0 Å². The molecule has 0 amide bonds. The van der Waals surface area contributed by atoms with E-state index in [1.807, 2.05) is 30.3 Å². The maximum Gasteiger partial charge on any atom is 0.474 e. The van der Waals surface area contributed by atoms with E-state index in [0.29, 0.717) is 6.61 Å². The Kier molecular flexibility index (Phi) is 15.3. The lowest BCUT2D eigenvalue weighted by molar-refractivity contribution is -0.157. The van der Waals surface area contributed by atoms with E-state index < -0.39 is 37.3 Å². The van der Waals surface area contributed by atoms with E-state index in [0.717, 1.165) is 31.4 Å². The average Bonchev–Trinajstić information content (AvgIpc) is 3.35. The number of phosphoric acid groups is 1. The maximum atomic E-state index is 13.3. The first-order chi connectivity index (χ1) is 21.1. The Hall–Kier alpha value is -1.28. The fourth-order valence-corrected chi connectivity index (χ4v) is 8.05. The molecule has 9 heteroatoms. The second-order valence-electron chi connectivity index (χ2n) is 13.2. The molecule has 252 valence electrons. The van der Waals surface area contributed by atoms with Gasteiger partial charge >= 0.3 is 13.8 Å². The van der Waals surface area contributed by atoms with E-state index in [1.165, 1.54) is 84.0 Å². The molecule has 7 unspecified atom stereocenters. The minimum atomic E-state index is -4.53. The van der Waals surface area contributed by atoms with E-state index in [-0.39, 0.29) is 12.5 Å². The number of benzene rings is 1. The van der Waals surface area contributed by atoms with Crippen molar-refractivity contribution in [3.63, 3.8) is 0 Å². The molecule has 2 fully saturated rings. The highest BCUT2D eigenvalue weighted by molar-refractivity contribution is 7.47. The van der Waals surface area contributed by atoms with E-state index in [1.54, 1.807) is 6.92 Å². The van der Waals surface area contributed by atoms with Crippen molar-refractivity contribution >= 4 is 13.8 Å². The number of carbonyl (C=O) groups is 1. The molecule has 0 radical (unpaired) electrons. The number of fused-ring (bicyclic) bond motifs is 1. The number of carbonyl (C=O) groups excluding carboxylic acids is 1. The number of nitrogens with zero attached hydrogens (tertiary/aromatic N) is 1. The van der Waals surface area contributed by atoms with Crippen molar-refractivity contribution in [3.8, 4) is 0 Å². The maximum absolute atomic E-state index is 13.3. The monoisotopic (exact) mass is 637 g/mol. The molecule has 2 aliphatic rings. The molecule has 2 aliphatic heterocycles. The average molecular weight is 638 g/mol. The summed E-state index contributed by atoms with van der Waals surface area (Å²) in [4.78, 5) is 24.9. The van der Waals surface area contributed by atoms with Crippen molar-refractivity contribution in [2.45, 2.75) is 154 Å². The zero-order chi connectivity index (χ0) is 32.1. The molecule has 3 rings (SSSR count). The van der Waals surface area contributed by atoms with Crippen LogP contribution in [-0.2, 0) is 33.6 Å². The Bertz CT molecular complexity index is 1030. The molecule has 0 bridgehead atoms. The second kappa shape index (κ2) is 18.2. The largest absolute Gasteiger partial charge is 0.474 e. The second-order valence-corrected chi connectivity index (χ2v) is 14.6. The van der Waals surface area contributed by atoms with Crippen molar-refractivity contribution in [2.24, 2.45) is 5.92 Å². The van der Waals surface area contributed by atoms with Crippen molar-refractivity contribution in [3.05, 3.63) is 35.9 Å². The molecule has 0 saturated carbocycles. The highest BCUT2D eigenvalue weighted by Gasteiger charge is 2.80. The number of unbranched alkanes of at least 4 members (excludes halogenated alkanes) is 13. The molecule has 8 nitrogen and oxygen atoms in total. The predicted octanol–water partition coefficient (Wildman–Crippen LogP) is 8.91. The Morgan fingerprint density at radius 1 is 0.977 bits per heavy atom. The number of ether oxygens (including phenoxy) is 2. The molecule has 1 N–H and O–H groups in total. The van der Waals surface area contributed by atoms with Gasteiger partial charge in [-0.2, -0.15) is 0 Å². The minimum absolute atomic E-state index is 0.278. The Morgan fingerprint density at radius 3 is 2.02 bits per heavy atom. The van der Waals surface area contributed by atoms with Gasteiger partial charge in [-0.05, 0) is 32.6 Å². The molecule has 2 saturated heterocycles. The highest BCUT2D eigenvalue weighted by atomic mass is 31.2. The summed E-state index contributed by atoms with van der Waals surface area (Å²) < 4.78 is 36.3. The van der Waals surface area contributed by atoms with Crippen LogP contribution in [0.3, 0.4) is 0 Å². The summed E-state index contributed by atoms with van der Waals surface area (Å²) in [5.41, 5.74) is -0.619. The van der Waals surface area contributed by atoms with Crippen LogP contribution < -0.4 is 0 Å². The third-order valence-corrected chi connectivity index (χ3v) is 10.8. The smallest absolute Gasteiger partial charge is 0.457 e. The zero-order valence-corrected chi connectivity index (χ0v) is 29.0. The lowest BCUT2D eigenvalue weighted by Crippen LogP contribution is -2.35. The summed E-state index contributed by atoms with van der Waals surface area (Å²) in [7, 11) is -4.53. The number of piperidine rings is 1. The summed E-state index contributed by atoms with van der Waals surface area (Å²) in [5.74, 6) is -0.219. The predicted molar refractivity (Wildman–Crippen MR) is 175 cm³/mol. The van der Waals surface area contributed by atoms with Crippen LogP contribution in [0, 0.1) is 5.92 Å². The Labute approximate surface area is 267 Å². The standard InChI is InChI=1S/C35H60NO7P/c1-6-7-8-9-10-11-12-13-14-15-16-17-18-22-27-40-30(3)33(42-31(4)37)28-41-44(38,39)43-35(32-23-20-19-21-24-32)34(5)29(2)25-26-36(34)35/h19-21,23-24,29-30,33H,6-18,22,25-28H2,1-5H3,(H,38,39). The molecule has 0 aliphatic carbocycles. The van der Waals surface area contributed by atoms with Gasteiger partial charge in [0.15, 0.2) is 11.8 Å². The third-order valence-electron chi connectivity index (χ3n) is 9.86. The fraction of sp³-hybridized carbons (Fsp3) is 0.800. The van der Waals surface area contributed by atoms with Crippen LogP contribution >= 0.6 is 7.82 Å². The van der Waals surface area contributed by atoms with Gasteiger partial charge in [-0.3, -0.25) is 18.7 Å². The first-order valence-electron chi connectivity index (χ1n) is 17.4. The summed E-state index contributed by atoms with van der Waals surface area (Å²) >= 11 is 0. The van der Waals surface area contributed by atoms with Gasteiger partial charge in [0.1, 0.15) is 0 Å². The number of hydrogen-bond donors (Lipinski definition) is 1. The molecule has 0 spiro atoms. The first-order valence-corrected chi connectivity index (χ1v) is 18.9. The quantitative estimate of drug-likeness (QED) is 0.0520. The molecular formula is C35H60NO7P. The molecule has 1 aromatic carbocycles. The fourth-order valence-electron chi connectivity index (χ4n) is 6.94. The lowest BCUT2D eigenvalue weighted by Gasteiger charge is -2.29. The van der Waals surface area contributed by atoms with E-state index in [4.69, 9.17) is 18.5 Å². The van der Waals surface area contributed by atoms with Crippen molar-refractivity contribution in [1.29, 1.82) is 0 Å². The molecule has 44 heavy (non-hydrogen) atoms. The summed E-state index contributed by atoms with van der Waals surface area (Å²) in [5, 5.41) is 0. The lowest BCUT2D eigenvalue weighted by atomic mass is 9.85. The van der Waals surface area contributed by atoms with Gasteiger partial charge in [-0.15, -0.1) is 0 Å². The molecule has 2 heterocycles. The Balaban J connectivity index is 1.36. The Morgan fingerprint density at radius 2 is 1.52 bits per heavy atom. The van der Waals surface area contributed by atoms with E-state index in [2.05, 4.69) is 25.7 Å². The number of phosphoric ester groups is 1. The van der Waals surface area contributed by atoms with Crippen LogP contribution in [-0.4, -0.2) is 53.3 Å². The summed E-state index contributed by atoms with van der Waals surface area (Å²) in [6.07, 6.45) is 17.7. The molecule has 1 aromatic rings. The third kappa shape index (κ3) is 10.1. The minimum Gasteiger partial charge on any atom is -0.457 e. The van der Waals surface area contributed by atoms with Gasteiger partial charge in [0, 0.05) is 25.6 Å². The summed E-state index contributed by atoms with van der Waals surface area (Å²) in [6.45, 7) is 10.6. The van der Waals surface area contributed by atoms with Gasteiger partial charge < -0.3 is 14.4 Å². The first kappa shape index (κ1) is 37.2. The van der Waals surface area contributed by atoms with Crippen molar-refractivity contribution in [2.75, 3.05) is 19.8 Å². The number of rotatable bonds is 24. The van der Waals surface area contributed by atoms with Crippen LogP contribution in [0.1, 0.15) is 136 Å².